The van der Waals surface area contributed by atoms with E-state index in [1.165, 1.54) is 11.0 Å². The predicted molar refractivity (Wildman–Crippen MR) is 114 cm³/mol. The van der Waals surface area contributed by atoms with Crippen molar-refractivity contribution in [1.82, 2.24) is 5.32 Å². The van der Waals surface area contributed by atoms with Gasteiger partial charge in [-0.25, -0.2) is 0 Å². The van der Waals surface area contributed by atoms with E-state index >= 15 is 0 Å². The second-order valence-corrected chi connectivity index (χ2v) is 7.27. The minimum atomic E-state index is -0.581. The Morgan fingerprint density at radius 1 is 1.29 bits per heavy atom. The molecule has 1 fully saturated rings. The van der Waals surface area contributed by atoms with Crippen LogP contribution in [0.4, 0.5) is 5.69 Å². The lowest BCUT2D eigenvalue weighted by Gasteiger charge is -2.30. The highest BCUT2D eigenvalue weighted by Gasteiger charge is 2.35. The van der Waals surface area contributed by atoms with E-state index in [0.717, 1.165) is 5.56 Å². The maximum atomic E-state index is 13.1. The average Bonchev–Trinajstić information content (AvgIpc) is 2.64. The zero-order chi connectivity index (χ0) is 20.4. The third-order valence-corrected chi connectivity index (χ3v) is 5.01. The summed E-state index contributed by atoms with van der Waals surface area (Å²) in [5.41, 5.74) is 1.89. The molecule has 1 saturated heterocycles. The monoisotopic (exact) mass is 460 g/mol. The number of thiocarbonyl (C=S) groups is 1. The van der Waals surface area contributed by atoms with Gasteiger partial charge in [0.2, 0.25) is 0 Å². The number of ether oxygens (including phenoxy) is 1. The fraction of sp³-hybridized carbons (Fsp3) is 0.150. The molecule has 0 atom stereocenters. The van der Waals surface area contributed by atoms with E-state index in [-0.39, 0.29) is 22.2 Å². The van der Waals surface area contributed by atoms with E-state index in [0.29, 0.717) is 22.3 Å². The number of hydrogen-bond donors (Lipinski definition) is 2. The van der Waals surface area contributed by atoms with Gasteiger partial charge < -0.3 is 9.84 Å². The number of carbonyl (C=O) groups excluding carboxylic acids is 2. The molecule has 0 saturated carbocycles. The van der Waals surface area contributed by atoms with E-state index in [2.05, 4.69) is 21.2 Å². The van der Waals surface area contributed by atoms with Gasteiger partial charge in [0.1, 0.15) is 5.57 Å². The van der Waals surface area contributed by atoms with E-state index in [1.54, 1.807) is 31.2 Å². The molecular weight excluding hydrogens is 444 g/mol. The smallest absolute Gasteiger partial charge is 0.270 e. The molecule has 2 aromatic rings. The van der Waals surface area contributed by atoms with Gasteiger partial charge in [-0.15, -0.1) is 0 Å². The largest absolute Gasteiger partial charge is 0.503 e. The number of halogens is 1. The lowest BCUT2D eigenvalue weighted by Crippen LogP contribution is -2.54. The molecule has 0 unspecified atom stereocenters. The maximum absolute atomic E-state index is 13.1. The number of amides is 2. The van der Waals surface area contributed by atoms with Crippen LogP contribution in [0.2, 0.25) is 0 Å². The Bertz CT molecular complexity index is 1020. The summed E-state index contributed by atoms with van der Waals surface area (Å²) >= 11 is 8.47. The number of hydrogen-bond acceptors (Lipinski definition) is 5. The number of carbonyl (C=O) groups is 2. The van der Waals surface area contributed by atoms with Gasteiger partial charge in [0.05, 0.1) is 16.8 Å². The Morgan fingerprint density at radius 2 is 2.00 bits per heavy atom. The van der Waals surface area contributed by atoms with E-state index in [9.17, 15) is 14.7 Å². The number of benzene rings is 2. The fourth-order valence-electron chi connectivity index (χ4n) is 2.80. The molecule has 28 heavy (non-hydrogen) atoms. The van der Waals surface area contributed by atoms with E-state index < -0.39 is 11.8 Å². The summed E-state index contributed by atoms with van der Waals surface area (Å²) < 4.78 is 5.79. The summed E-state index contributed by atoms with van der Waals surface area (Å²) in [5, 5.41) is 12.6. The van der Waals surface area contributed by atoms with Crippen molar-refractivity contribution in [3.05, 3.63) is 57.6 Å². The summed E-state index contributed by atoms with van der Waals surface area (Å²) in [7, 11) is 0. The van der Waals surface area contributed by atoms with Gasteiger partial charge in [-0.3, -0.25) is 19.8 Å². The topological polar surface area (TPSA) is 78.9 Å². The number of nitrogens with zero attached hydrogens (tertiary/aromatic N) is 1. The van der Waals surface area contributed by atoms with Gasteiger partial charge in [-0.1, -0.05) is 18.2 Å². The van der Waals surface area contributed by atoms with Crippen LogP contribution in [0.5, 0.6) is 11.5 Å². The zero-order valence-corrected chi connectivity index (χ0v) is 17.6. The minimum Gasteiger partial charge on any atom is -0.503 e. The standard InChI is InChI=1S/C20H17BrN2O4S/c1-3-27-16-10-12(9-14(21)17(16)24)8-13-18(25)22-20(28)23(19(13)26)15-7-5-4-6-11(15)2/h4-10,24H,3H2,1-2H3,(H,22,25,28)/b13-8+. The van der Waals surface area contributed by atoms with Crippen LogP contribution >= 0.6 is 28.1 Å². The van der Waals surface area contributed by atoms with Gasteiger partial charge in [0.25, 0.3) is 11.8 Å². The van der Waals surface area contributed by atoms with Crippen LogP contribution in [0.25, 0.3) is 6.08 Å². The Kier molecular flexibility index (Phi) is 5.81. The zero-order valence-electron chi connectivity index (χ0n) is 15.2. The second kappa shape index (κ2) is 8.12. The highest BCUT2D eigenvalue weighted by atomic mass is 79.9. The predicted octanol–water partition coefficient (Wildman–Crippen LogP) is 3.69. The molecular formula is C20H17BrN2O4S. The molecule has 1 heterocycles. The number of rotatable bonds is 4. The van der Waals surface area contributed by atoms with Crippen molar-refractivity contribution in [3.63, 3.8) is 0 Å². The first kappa shape index (κ1) is 20.0. The lowest BCUT2D eigenvalue weighted by atomic mass is 10.1. The van der Waals surface area contributed by atoms with Gasteiger partial charge >= 0.3 is 0 Å². The second-order valence-electron chi connectivity index (χ2n) is 6.03. The molecule has 0 radical (unpaired) electrons. The van der Waals surface area contributed by atoms with Crippen LogP contribution in [0, 0.1) is 6.92 Å². The Morgan fingerprint density at radius 3 is 2.68 bits per heavy atom. The molecule has 3 rings (SSSR count). The van der Waals surface area contributed by atoms with Gasteiger partial charge in [0.15, 0.2) is 16.6 Å². The van der Waals surface area contributed by atoms with E-state index in [1.807, 2.05) is 19.1 Å². The molecule has 1 aliphatic heterocycles. The van der Waals surface area contributed by atoms with Gasteiger partial charge in [-0.2, -0.15) is 0 Å². The number of aryl methyl sites for hydroxylation is 1. The molecule has 0 bridgehead atoms. The first-order valence-electron chi connectivity index (χ1n) is 8.46. The summed E-state index contributed by atoms with van der Waals surface area (Å²) in [6, 6.07) is 10.4. The first-order valence-corrected chi connectivity index (χ1v) is 9.66. The van der Waals surface area contributed by atoms with Crippen molar-refractivity contribution in [2.45, 2.75) is 13.8 Å². The number of phenolic OH excluding ortho intramolecular Hbond substituents is 1. The van der Waals surface area contributed by atoms with Crippen molar-refractivity contribution >= 4 is 56.8 Å². The third-order valence-electron chi connectivity index (χ3n) is 4.12. The quantitative estimate of drug-likeness (QED) is 0.413. The van der Waals surface area contributed by atoms with Crippen LogP contribution in [-0.2, 0) is 9.59 Å². The molecule has 8 heteroatoms. The molecule has 1 aliphatic rings. The number of phenols is 1. The van der Waals surface area contributed by atoms with Crippen LogP contribution in [0.3, 0.4) is 0 Å². The first-order chi connectivity index (χ1) is 13.3. The summed E-state index contributed by atoms with van der Waals surface area (Å²) in [4.78, 5) is 26.8. The lowest BCUT2D eigenvalue weighted by molar-refractivity contribution is -0.122. The summed E-state index contributed by atoms with van der Waals surface area (Å²) in [5.74, 6) is -0.906. The molecule has 2 aromatic carbocycles. The fourth-order valence-corrected chi connectivity index (χ4v) is 3.53. The number of nitrogens with one attached hydrogen (secondary N) is 1. The van der Waals surface area contributed by atoms with Crippen LogP contribution in [0.15, 0.2) is 46.4 Å². The molecule has 0 spiro atoms. The highest BCUT2D eigenvalue weighted by molar-refractivity contribution is 9.10. The molecule has 0 aliphatic carbocycles. The molecule has 2 N–H and O–H groups in total. The van der Waals surface area contributed by atoms with Crippen molar-refractivity contribution in [2.24, 2.45) is 0 Å². The van der Waals surface area contributed by atoms with Crippen molar-refractivity contribution in [1.29, 1.82) is 0 Å². The Hall–Kier alpha value is -2.71. The average molecular weight is 461 g/mol. The number of anilines is 1. The van der Waals surface area contributed by atoms with E-state index in [4.69, 9.17) is 17.0 Å². The Balaban J connectivity index is 2.06. The van der Waals surface area contributed by atoms with Crippen LogP contribution in [-0.4, -0.2) is 28.6 Å². The van der Waals surface area contributed by atoms with Gasteiger partial charge in [0, 0.05) is 0 Å². The number of aromatic hydroxyl groups is 1. The molecule has 2 amide bonds. The Labute approximate surface area is 175 Å². The summed E-state index contributed by atoms with van der Waals surface area (Å²) in [6.45, 7) is 4.00. The summed E-state index contributed by atoms with van der Waals surface area (Å²) in [6.07, 6.45) is 1.44. The molecule has 6 nitrogen and oxygen atoms in total. The SMILES string of the molecule is CCOc1cc(/C=C2\C(=O)NC(=S)N(c3ccccc3C)C2=O)cc(Br)c1O. The van der Waals surface area contributed by atoms with Gasteiger partial charge in [-0.05, 0) is 77.4 Å². The third kappa shape index (κ3) is 3.79. The minimum absolute atomic E-state index is 0.0309. The van der Waals surface area contributed by atoms with Crippen LogP contribution < -0.4 is 15.0 Å². The van der Waals surface area contributed by atoms with Crippen molar-refractivity contribution in [3.8, 4) is 11.5 Å². The number of para-hydroxylation sites is 1. The van der Waals surface area contributed by atoms with Crippen molar-refractivity contribution in [2.75, 3.05) is 11.5 Å². The van der Waals surface area contributed by atoms with Crippen LogP contribution in [0.1, 0.15) is 18.1 Å². The maximum Gasteiger partial charge on any atom is 0.270 e. The normalized spacial score (nSPS) is 15.8. The molecule has 144 valence electrons. The van der Waals surface area contributed by atoms with Crippen molar-refractivity contribution < 1.29 is 19.4 Å². The highest BCUT2D eigenvalue weighted by Crippen LogP contribution is 2.36. The molecule has 0 aromatic heterocycles.